The van der Waals surface area contributed by atoms with E-state index in [1.165, 1.54) is 32.2 Å². The molecule has 0 spiro atoms. The number of benzene rings is 5. The second-order valence-corrected chi connectivity index (χ2v) is 15.9. The van der Waals surface area contributed by atoms with Crippen LogP contribution in [0, 0.1) is 12.8 Å². The van der Waals surface area contributed by atoms with Gasteiger partial charge in [0.25, 0.3) is 0 Å². The summed E-state index contributed by atoms with van der Waals surface area (Å²) in [5, 5.41) is 5.93. The van der Waals surface area contributed by atoms with Crippen LogP contribution in [-0.2, 0) is 0 Å². The number of rotatable bonds is 10. The third-order valence-corrected chi connectivity index (χ3v) is 14.8. The summed E-state index contributed by atoms with van der Waals surface area (Å²) in [7, 11) is -2.23. The monoisotopic (exact) mass is 565 g/mol. The Bertz CT molecular complexity index is 1400. The van der Waals surface area contributed by atoms with E-state index in [0.717, 1.165) is 12.1 Å². The smallest absolute Gasteiger partial charge is 0.157 e. The molecule has 0 bridgehead atoms. The minimum absolute atomic E-state index is 1.11. The highest BCUT2D eigenvalue weighted by Crippen LogP contribution is 2.45. The van der Waals surface area contributed by atoms with E-state index in [1.807, 2.05) is 0 Å². The van der Waals surface area contributed by atoms with Gasteiger partial charge in [-0.2, -0.15) is 5.46 Å². The van der Waals surface area contributed by atoms with Crippen molar-refractivity contribution in [2.75, 3.05) is 12.1 Å². The van der Waals surface area contributed by atoms with E-state index in [-0.39, 0.29) is 0 Å². The molecule has 199 valence electrons. The minimum atomic E-state index is -1.13. The Morgan fingerprint density at radius 2 is 0.829 bits per heavy atom. The summed E-state index contributed by atoms with van der Waals surface area (Å²) >= 11 is 0. The Kier molecular flexibility index (Phi) is 8.97. The molecule has 41 heavy (non-hydrogen) atoms. The molecule has 0 unspecified atom stereocenters. The molecule has 6 rings (SSSR count). The maximum atomic E-state index is 2.40. The lowest BCUT2D eigenvalue weighted by Crippen LogP contribution is -2.58. The Morgan fingerprint density at radius 3 is 1.17 bits per heavy atom. The lowest BCUT2D eigenvalue weighted by Gasteiger charge is -2.40. The van der Waals surface area contributed by atoms with Crippen LogP contribution in [0.2, 0.25) is 0 Å². The fourth-order valence-electron chi connectivity index (χ4n) is 6.44. The lowest BCUT2D eigenvalue weighted by molar-refractivity contribution is 1.48. The molecular formula is C38H36BP2+2. The average Bonchev–Trinajstić information content (AvgIpc) is 3.07. The standard InChI is InChI=1S/C38H34BP2/c1-7-19-33(20-8-1)39(34-21-9-2-10-22-34,31-40(35-23-11-3-12-24-35)36-25-13-4-14-26-36)32-41(37-27-15-5-16-28-37)38-29-17-6-18-30-38/h1-30H,31-32H2/p+2. The van der Waals surface area contributed by atoms with Crippen LogP contribution in [0.3, 0.4) is 0 Å². The minimum Gasteiger partial charge on any atom is -0.195 e. The van der Waals surface area contributed by atoms with E-state index in [9.17, 15) is 0 Å². The van der Waals surface area contributed by atoms with Crippen molar-refractivity contribution in [3.8, 4) is 0 Å². The van der Waals surface area contributed by atoms with Crippen molar-refractivity contribution >= 4 is 48.7 Å². The van der Waals surface area contributed by atoms with Crippen molar-refractivity contribution in [3.63, 3.8) is 0 Å². The highest BCUT2D eigenvalue weighted by Gasteiger charge is 2.44. The molecule has 1 aliphatic carbocycles. The van der Waals surface area contributed by atoms with Crippen LogP contribution in [-0.4, -0.2) is 18.3 Å². The largest absolute Gasteiger partial charge is 0.195 e. The Hall–Kier alpha value is -3.63. The molecule has 0 N–H and O–H groups in total. The molecule has 0 atom stereocenters. The fraction of sp³-hybridized carbons (Fsp3) is 0.0526. The van der Waals surface area contributed by atoms with Crippen LogP contribution in [0.1, 0.15) is 0 Å². The third-order valence-electron chi connectivity index (χ3n) is 8.47. The summed E-state index contributed by atoms with van der Waals surface area (Å²) in [6.07, 6.45) is 10.3. The van der Waals surface area contributed by atoms with Gasteiger partial charge in [-0.15, -0.1) is 5.47 Å². The van der Waals surface area contributed by atoms with Gasteiger partial charge in [0, 0.05) is 21.9 Å². The van der Waals surface area contributed by atoms with Crippen LogP contribution < -0.4 is 26.7 Å². The number of allylic oxidation sites excluding steroid dienone is 4. The summed E-state index contributed by atoms with van der Waals surface area (Å²) in [5.41, 5.74) is 2.95. The SMILES string of the molecule is [CH]1C=C([B-](C[PH+](c2ccccc2)c2ccccc2)(C[PH+](c2ccccc2)c2ccccc2)c2ccccc2)C=C[CH+]1. The molecule has 0 saturated heterocycles. The Morgan fingerprint density at radius 1 is 0.463 bits per heavy atom. The van der Waals surface area contributed by atoms with E-state index in [4.69, 9.17) is 0 Å². The van der Waals surface area contributed by atoms with Crippen molar-refractivity contribution in [3.05, 3.63) is 188 Å². The predicted molar refractivity (Wildman–Crippen MR) is 188 cm³/mol. The van der Waals surface area contributed by atoms with E-state index in [1.54, 1.807) is 0 Å². The van der Waals surface area contributed by atoms with Gasteiger partial charge in [-0.1, -0.05) is 109 Å². The van der Waals surface area contributed by atoms with E-state index in [2.05, 4.69) is 183 Å². The van der Waals surface area contributed by atoms with Crippen molar-refractivity contribution in [2.45, 2.75) is 0 Å². The van der Waals surface area contributed by atoms with Gasteiger partial charge < -0.3 is 0 Å². The first kappa shape index (κ1) is 27.5. The van der Waals surface area contributed by atoms with Gasteiger partial charge in [-0.25, -0.2) is 0 Å². The van der Waals surface area contributed by atoms with Gasteiger partial charge in [0.2, 0.25) is 0 Å². The zero-order valence-corrected chi connectivity index (χ0v) is 25.3. The normalized spacial score (nSPS) is 13.2. The molecule has 0 amide bonds. The van der Waals surface area contributed by atoms with Crippen LogP contribution in [0.15, 0.2) is 175 Å². The van der Waals surface area contributed by atoms with Gasteiger partial charge in [0.15, 0.2) is 6.15 Å². The van der Waals surface area contributed by atoms with Crippen LogP contribution in [0.5, 0.6) is 0 Å². The van der Waals surface area contributed by atoms with Crippen LogP contribution >= 0.6 is 15.8 Å². The van der Waals surface area contributed by atoms with Gasteiger partial charge in [-0.3, -0.25) is 0 Å². The molecule has 0 nitrogen and oxygen atoms in total. The first-order chi connectivity index (χ1) is 20.3. The molecule has 1 radical (unpaired) electrons. The highest BCUT2D eigenvalue weighted by molar-refractivity contribution is 7.78. The Labute approximate surface area is 248 Å². The lowest BCUT2D eigenvalue weighted by atomic mass is 9.20. The molecule has 0 heterocycles. The maximum absolute atomic E-state index is 2.40. The van der Waals surface area contributed by atoms with Crippen molar-refractivity contribution in [1.82, 2.24) is 0 Å². The first-order valence-corrected chi connectivity index (χ1v) is 18.0. The van der Waals surface area contributed by atoms with Crippen molar-refractivity contribution in [1.29, 1.82) is 0 Å². The second kappa shape index (κ2) is 13.4. The van der Waals surface area contributed by atoms with Crippen LogP contribution in [0.4, 0.5) is 0 Å². The summed E-state index contributed by atoms with van der Waals surface area (Å²) in [5.74, 6) is 0. The predicted octanol–water partition coefficient (Wildman–Crippen LogP) is 6.60. The molecule has 0 aromatic heterocycles. The van der Waals surface area contributed by atoms with Gasteiger partial charge >= 0.3 is 0 Å². The summed E-state index contributed by atoms with van der Waals surface area (Å²) < 4.78 is 0. The van der Waals surface area contributed by atoms with Gasteiger partial charge in [0.05, 0.1) is 40.1 Å². The molecule has 1 aliphatic rings. The zero-order chi connectivity index (χ0) is 27.7. The van der Waals surface area contributed by atoms with Crippen LogP contribution in [0.25, 0.3) is 0 Å². The molecule has 5 aromatic carbocycles. The quantitative estimate of drug-likeness (QED) is 0.102. The summed E-state index contributed by atoms with van der Waals surface area (Å²) in [4.78, 5) is 0. The summed E-state index contributed by atoms with van der Waals surface area (Å²) in [6.45, 7) is 0. The Balaban J connectivity index is 1.58. The van der Waals surface area contributed by atoms with Gasteiger partial charge in [0.1, 0.15) is 0 Å². The maximum Gasteiger partial charge on any atom is 0.157 e. The molecule has 3 heteroatoms. The molecule has 0 saturated carbocycles. The molecular weight excluding hydrogens is 529 g/mol. The summed E-state index contributed by atoms with van der Waals surface area (Å²) in [6, 6.07) is 58.9. The number of hydrogen-bond acceptors (Lipinski definition) is 0. The average molecular weight is 565 g/mol. The van der Waals surface area contributed by atoms with E-state index >= 15 is 0 Å². The molecule has 5 aromatic rings. The zero-order valence-electron chi connectivity index (χ0n) is 23.3. The van der Waals surface area contributed by atoms with E-state index < -0.39 is 22.0 Å². The van der Waals surface area contributed by atoms with E-state index in [0.29, 0.717) is 0 Å². The molecule has 0 aliphatic heterocycles. The van der Waals surface area contributed by atoms with Crippen molar-refractivity contribution < 1.29 is 0 Å². The van der Waals surface area contributed by atoms with Crippen molar-refractivity contribution in [2.24, 2.45) is 0 Å². The first-order valence-electron chi connectivity index (χ1n) is 14.6. The highest BCUT2D eigenvalue weighted by atomic mass is 31.1. The second-order valence-electron chi connectivity index (χ2n) is 10.9. The number of hydrogen-bond donors (Lipinski definition) is 0. The molecule has 0 fully saturated rings. The van der Waals surface area contributed by atoms with Gasteiger partial charge in [-0.05, 0) is 60.7 Å². The topological polar surface area (TPSA) is 0 Å². The third kappa shape index (κ3) is 6.33. The fourth-order valence-corrected chi connectivity index (χ4v) is 13.3.